The molecule has 0 aliphatic carbocycles. The maximum atomic E-state index is 13.1. The average molecular weight is 394 g/mol. The summed E-state index contributed by atoms with van der Waals surface area (Å²) in [5.41, 5.74) is 1.20. The molecule has 27 heavy (non-hydrogen) atoms. The fraction of sp³-hybridized carbons (Fsp3) is 0.316. The number of benzene rings is 2. The molecule has 2 aromatic carbocycles. The number of carbonyl (C=O) groups is 1. The highest BCUT2D eigenvalue weighted by molar-refractivity contribution is 7.92. The van der Waals surface area contributed by atoms with Crippen molar-refractivity contribution in [2.24, 2.45) is 0 Å². The number of ether oxygens (including phenoxy) is 1. The largest absolute Gasteiger partial charge is 0.491 e. The van der Waals surface area contributed by atoms with Gasteiger partial charge >= 0.3 is 0 Å². The Labute approximate surface area is 159 Å². The summed E-state index contributed by atoms with van der Waals surface area (Å²) >= 11 is 0. The van der Waals surface area contributed by atoms with Crippen molar-refractivity contribution < 1.29 is 22.3 Å². The molecular weight excluding hydrogens is 371 g/mol. The molecule has 0 saturated heterocycles. The molecule has 0 spiro atoms. The number of anilines is 1. The number of rotatable bonds is 8. The van der Waals surface area contributed by atoms with E-state index in [9.17, 15) is 17.6 Å². The van der Waals surface area contributed by atoms with Crippen molar-refractivity contribution in [2.45, 2.75) is 19.9 Å². The van der Waals surface area contributed by atoms with Gasteiger partial charge in [-0.25, -0.2) is 12.8 Å². The topological polar surface area (TPSA) is 75.7 Å². The molecule has 2 rings (SSSR count). The van der Waals surface area contributed by atoms with Crippen molar-refractivity contribution in [1.82, 2.24) is 5.32 Å². The predicted octanol–water partition coefficient (Wildman–Crippen LogP) is 2.48. The number of hydrogen-bond donors (Lipinski definition) is 1. The van der Waals surface area contributed by atoms with E-state index in [1.807, 2.05) is 31.2 Å². The van der Waals surface area contributed by atoms with Crippen molar-refractivity contribution >= 4 is 21.6 Å². The number of nitrogens with zero attached hydrogens (tertiary/aromatic N) is 1. The molecule has 0 bridgehead atoms. The molecule has 146 valence electrons. The van der Waals surface area contributed by atoms with Crippen LogP contribution in [0.5, 0.6) is 5.75 Å². The summed E-state index contributed by atoms with van der Waals surface area (Å²) in [6, 6.07) is 12.1. The minimum atomic E-state index is -3.70. The molecule has 6 nitrogen and oxygen atoms in total. The second-order valence-electron chi connectivity index (χ2n) is 6.29. The van der Waals surface area contributed by atoms with Crippen LogP contribution in [0.15, 0.2) is 48.5 Å². The zero-order valence-corrected chi connectivity index (χ0v) is 16.3. The summed E-state index contributed by atoms with van der Waals surface area (Å²) in [5.74, 6) is -0.244. The summed E-state index contributed by atoms with van der Waals surface area (Å²) in [5, 5.41) is 2.71. The number of sulfonamides is 1. The summed E-state index contributed by atoms with van der Waals surface area (Å²) in [7, 11) is -3.70. The quantitative estimate of drug-likeness (QED) is 0.746. The predicted molar refractivity (Wildman–Crippen MR) is 103 cm³/mol. The Bertz CT molecular complexity index is 885. The van der Waals surface area contributed by atoms with Crippen LogP contribution >= 0.6 is 0 Å². The number of hydrogen-bond acceptors (Lipinski definition) is 4. The van der Waals surface area contributed by atoms with Gasteiger partial charge in [0.25, 0.3) is 0 Å². The van der Waals surface area contributed by atoms with Crippen molar-refractivity contribution in [2.75, 3.05) is 23.7 Å². The third-order valence-electron chi connectivity index (χ3n) is 3.79. The molecule has 1 unspecified atom stereocenters. The molecule has 1 N–H and O–H groups in total. The van der Waals surface area contributed by atoms with Gasteiger partial charge in [0, 0.05) is 0 Å². The Balaban J connectivity index is 1.97. The van der Waals surface area contributed by atoms with Gasteiger partial charge in [-0.2, -0.15) is 0 Å². The van der Waals surface area contributed by atoms with Gasteiger partial charge in [-0.15, -0.1) is 0 Å². The first kappa shape index (κ1) is 20.7. The molecule has 0 saturated carbocycles. The summed E-state index contributed by atoms with van der Waals surface area (Å²) in [6.45, 7) is 3.52. The monoisotopic (exact) mass is 394 g/mol. The van der Waals surface area contributed by atoms with E-state index in [1.54, 1.807) is 6.92 Å². The van der Waals surface area contributed by atoms with E-state index in [0.29, 0.717) is 0 Å². The zero-order valence-electron chi connectivity index (χ0n) is 15.5. The van der Waals surface area contributed by atoms with Gasteiger partial charge in [0.05, 0.1) is 18.0 Å². The number of nitrogens with one attached hydrogen (secondary N) is 1. The fourth-order valence-electron chi connectivity index (χ4n) is 2.43. The lowest BCUT2D eigenvalue weighted by atomic mass is 10.2. The Morgan fingerprint density at radius 3 is 2.41 bits per heavy atom. The van der Waals surface area contributed by atoms with Gasteiger partial charge in [0.1, 0.15) is 24.7 Å². The van der Waals surface area contributed by atoms with Gasteiger partial charge in [-0.1, -0.05) is 18.2 Å². The molecular formula is C19H23FN2O4S. The summed E-state index contributed by atoms with van der Waals surface area (Å²) in [4.78, 5) is 12.3. The molecule has 1 atom stereocenters. The molecule has 0 heterocycles. The molecule has 0 aromatic heterocycles. The first-order chi connectivity index (χ1) is 12.7. The van der Waals surface area contributed by atoms with Crippen LogP contribution in [0.4, 0.5) is 10.1 Å². The third-order valence-corrected chi connectivity index (χ3v) is 4.93. The minimum absolute atomic E-state index is 0.220. The smallest absolute Gasteiger partial charge is 0.241 e. The van der Waals surface area contributed by atoms with Crippen molar-refractivity contribution in [3.05, 3.63) is 59.9 Å². The van der Waals surface area contributed by atoms with Crippen molar-refractivity contribution in [1.29, 1.82) is 0 Å². The average Bonchev–Trinajstić information content (AvgIpc) is 2.59. The van der Waals surface area contributed by atoms with E-state index >= 15 is 0 Å². The summed E-state index contributed by atoms with van der Waals surface area (Å²) in [6.07, 6.45) is 0.994. The first-order valence-electron chi connectivity index (χ1n) is 8.38. The van der Waals surface area contributed by atoms with Crippen LogP contribution in [0.2, 0.25) is 0 Å². The van der Waals surface area contributed by atoms with Gasteiger partial charge in [0.15, 0.2) is 0 Å². The highest BCUT2D eigenvalue weighted by Gasteiger charge is 2.21. The lowest BCUT2D eigenvalue weighted by molar-refractivity contribution is -0.120. The van der Waals surface area contributed by atoms with E-state index < -0.39 is 28.3 Å². The molecule has 1 amide bonds. The molecule has 8 heteroatoms. The highest BCUT2D eigenvalue weighted by Crippen LogP contribution is 2.18. The molecule has 0 fully saturated rings. The van der Waals surface area contributed by atoms with Gasteiger partial charge in [0.2, 0.25) is 15.9 Å². The Morgan fingerprint density at radius 2 is 1.81 bits per heavy atom. The standard InChI is InChI=1S/C19H23FN2O4S/c1-14-6-4-5-7-18(14)26-13-15(2)21-19(23)12-22(27(3,24)25)17-10-8-16(20)9-11-17/h4-11,15H,12-13H2,1-3H3,(H,21,23). The van der Waals surface area contributed by atoms with Crippen LogP contribution < -0.4 is 14.4 Å². The van der Waals surface area contributed by atoms with Crippen molar-refractivity contribution in [3.63, 3.8) is 0 Å². The molecule has 2 aromatic rings. The van der Waals surface area contributed by atoms with Crippen molar-refractivity contribution in [3.8, 4) is 5.75 Å². The van der Waals surface area contributed by atoms with E-state index in [4.69, 9.17) is 4.74 Å². The number of para-hydroxylation sites is 1. The van der Waals surface area contributed by atoms with Crippen LogP contribution in [-0.2, 0) is 14.8 Å². The maximum absolute atomic E-state index is 13.1. The molecule has 0 aliphatic rings. The number of amides is 1. The Kier molecular flexibility index (Phi) is 6.79. The van der Waals surface area contributed by atoms with E-state index in [0.717, 1.165) is 34.0 Å². The van der Waals surface area contributed by atoms with Gasteiger partial charge in [-0.3, -0.25) is 9.10 Å². The number of carbonyl (C=O) groups excluding carboxylic acids is 1. The second-order valence-corrected chi connectivity index (χ2v) is 8.20. The lowest BCUT2D eigenvalue weighted by Gasteiger charge is -2.23. The molecule has 0 aliphatic heterocycles. The highest BCUT2D eigenvalue weighted by atomic mass is 32.2. The van der Waals surface area contributed by atoms with E-state index in [-0.39, 0.29) is 18.3 Å². The van der Waals surface area contributed by atoms with Crippen LogP contribution in [-0.4, -0.2) is 39.8 Å². The Morgan fingerprint density at radius 1 is 1.19 bits per heavy atom. The van der Waals surface area contributed by atoms with Crippen LogP contribution in [0.3, 0.4) is 0 Å². The number of aryl methyl sites for hydroxylation is 1. The van der Waals surface area contributed by atoms with E-state index in [2.05, 4.69) is 5.32 Å². The SMILES string of the molecule is Cc1ccccc1OCC(C)NC(=O)CN(c1ccc(F)cc1)S(C)(=O)=O. The second kappa shape index (κ2) is 8.85. The van der Waals surface area contributed by atoms with E-state index in [1.165, 1.54) is 12.1 Å². The maximum Gasteiger partial charge on any atom is 0.241 e. The van der Waals surface area contributed by atoms with Gasteiger partial charge in [-0.05, 0) is 49.7 Å². The normalized spacial score (nSPS) is 12.3. The first-order valence-corrected chi connectivity index (χ1v) is 10.2. The minimum Gasteiger partial charge on any atom is -0.491 e. The zero-order chi connectivity index (χ0) is 20.0. The molecule has 0 radical (unpaired) electrons. The lowest BCUT2D eigenvalue weighted by Crippen LogP contribution is -2.44. The van der Waals surface area contributed by atoms with Crippen LogP contribution in [0.25, 0.3) is 0 Å². The summed E-state index contributed by atoms with van der Waals surface area (Å²) < 4.78 is 43.7. The number of halogens is 1. The van der Waals surface area contributed by atoms with Crippen LogP contribution in [0, 0.1) is 12.7 Å². The fourth-order valence-corrected chi connectivity index (χ4v) is 3.29. The Hall–Kier alpha value is -2.61. The third kappa shape index (κ3) is 6.25. The van der Waals surface area contributed by atoms with Crippen LogP contribution in [0.1, 0.15) is 12.5 Å². The van der Waals surface area contributed by atoms with Gasteiger partial charge < -0.3 is 10.1 Å².